The summed E-state index contributed by atoms with van der Waals surface area (Å²) >= 11 is 2.98. The van der Waals surface area contributed by atoms with Crippen molar-refractivity contribution in [2.75, 3.05) is 5.75 Å². The largest absolute Gasteiger partial charge is 0.348 e. The van der Waals surface area contributed by atoms with E-state index < -0.39 is 0 Å². The molecule has 0 saturated carbocycles. The fourth-order valence-corrected chi connectivity index (χ4v) is 2.89. The maximum Gasteiger partial charge on any atom is 0.230 e. The molecule has 2 aromatic rings. The normalized spacial score (nSPS) is 12.3. The van der Waals surface area contributed by atoms with E-state index in [1.165, 1.54) is 11.8 Å². The number of nitrogens with zero attached hydrogens (tertiary/aromatic N) is 2. The van der Waals surface area contributed by atoms with E-state index in [1.54, 1.807) is 11.3 Å². The number of aromatic nitrogens is 3. The molecule has 0 spiro atoms. The molecule has 0 fully saturated rings. The predicted molar refractivity (Wildman–Crippen MR) is 77.4 cm³/mol. The summed E-state index contributed by atoms with van der Waals surface area (Å²) in [5, 5.41) is 12.5. The topological polar surface area (TPSA) is 70.7 Å². The van der Waals surface area contributed by atoms with Crippen LogP contribution in [0.4, 0.5) is 0 Å². The highest BCUT2D eigenvalue weighted by atomic mass is 32.2. The van der Waals surface area contributed by atoms with Crippen molar-refractivity contribution in [3.8, 4) is 0 Å². The first-order valence-corrected chi connectivity index (χ1v) is 7.92. The minimum absolute atomic E-state index is 0.00579. The molecule has 19 heavy (non-hydrogen) atoms. The van der Waals surface area contributed by atoms with Crippen LogP contribution in [0.3, 0.4) is 0 Å². The van der Waals surface area contributed by atoms with E-state index in [-0.39, 0.29) is 11.9 Å². The van der Waals surface area contributed by atoms with Gasteiger partial charge >= 0.3 is 0 Å². The van der Waals surface area contributed by atoms with Crippen LogP contribution in [0.15, 0.2) is 22.7 Å². The molecule has 0 aliphatic rings. The number of H-pyrrole nitrogens is 1. The molecule has 2 heterocycles. The summed E-state index contributed by atoms with van der Waals surface area (Å²) in [4.78, 5) is 17.2. The number of nitrogens with one attached hydrogen (secondary N) is 2. The van der Waals surface area contributed by atoms with Gasteiger partial charge in [-0.15, -0.1) is 16.4 Å². The summed E-state index contributed by atoms with van der Waals surface area (Å²) < 4.78 is 0. The van der Waals surface area contributed by atoms with Gasteiger partial charge in [-0.1, -0.05) is 24.8 Å². The average molecular weight is 296 g/mol. The maximum absolute atomic E-state index is 11.8. The molecule has 0 bridgehead atoms. The zero-order valence-corrected chi connectivity index (χ0v) is 12.5. The molecular weight excluding hydrogens is 280 g/mol. The Bertz CT molecular complexity index is 524. The fourth-order valence-electron chi connectivity index (χ4n) is 1.52. The van der Waals surface area contributed by atoms with Gasteiger partial charge in [0.2, 0.25) is 11.1 Å². The molecule has 7 heteroatoms. The van der Waals surface area contributed by atoms with Gasteiger partial charge in [0.15, 0.2) is 0 Å². The van der Waals surface area contributed by atoms with Gasteiger partial charge < -0.3 is 5.32 Å². The Hall–Kier alpha value is -1.34. The molecule has 0 aliphatic carbocycles. The molecule has 102 valence electrons. The van der Waals surface area contributed by atoms with Crippen LogP contribution in [0.25, 0.3) is 0 Å². The van der Waals surface area contributed by atoms with Crippen LogP contribution in [0.5, 0.6) is 0 Å². The first kappa shape index (κ1) is 14.1. The highest BCUT2D eigenvalue weighted by Gasteiger charge is 2.11. The Morgan fingerprint density at radius 1 is 1.63 bits per heavy atom. The third kappa shape index (κ3) is 4.07. The van der Waals surface area contributed by atoms with Crippen LogP contribution in [0.2, 0.25) is 0 Å². The van der Waals surface area contributed by atoms with Crippen LogP contribution >= 0.6 is 23.1 Å². The quantitative estimate of drug-likeness (QED) is 0.803. The van der Waals surface area contributed by atoms with Crippen LogP contribution in [-0.4, -0.2) is 26.8 Å². The maximum atomic E-state index is 11.8. The lowest BCUT2D eigenvalue weighted by molar-refractivity contribution is -0.119. The Balaban J connectivity index is 1.78. The molecule has 2 rings (SSSR count). The number of thiophene rings is 1. The number of carbonyl (C=O) groups excluding carboxylic acids is 1. The number of carbonyl (C=O) groups is 1. The first-order valence-electron chi connectivity index (χ1n) is 6.06. The molecule has 1 unspecified atom stereocenters. The number of thioether (sulfide) groups is 1. The van der Waals surface area contributed by atoms with Crippen molar-refractivity contribution in [2.45, 2.75) is 31.5 Å². The zero-order chi connectivity index (χ0) is 13.7. The van der Waals surface area contributed by atoms with Crippen molar-refractivity contribution in [3.05, 3.63) is 28.2 Å². The summed E-state index contributed by atoms with van der Waals surface area (Å²) in [5.74, 6) is 1.17. The molecular formula is C12H16N4OS2. The SMILES string of the molecule is CCc1nc(SCC(=O)NC(C)c2cccs2)n[nH]1. The lowest BCUT2D eigenvalue weighted by atomic mass is 10.3. The molecule has 0 aliphatic heterocycles. The van der Waals surface area contributed by atoms with Gasteiger partial charge in [-0.2, -0.15) is 0 Å². The van der Waals surface area contributed by atoms with E-state index in [2.05, 4.69) is 20.5 Å². The van der Waals surface area contributed by atoms with E-state index in [0.717, 1.165) is 17.1 Å². The number of amides is 1. The van der Waals surface area contributed by atoms with Crippen molar-refractivity contribution in [1.29, 1.82) is 0 Å². The molecule has 2 aromatic heterocycles. The van der Waals surface area contributed by atoms with Crippen molar-refractivity contribution >= 4 is 29.0 Å². The Morgan fingerprint density at radius 2 is 2.47 bits per heavy atom. The first-order chi connectivity index (χ1) is 9.19. The minimum atomic E-state index is -0.00579. The second-order valence-electron chi connectivity index (χ2n) is 4.01. The summed E-state index contributed by atoms with van der Waals surface area (Å²) in [7, 11) is 0. The highest BCUT2D eigenvalue weighted by Crippen LogP contribution is 2.18. The van der Waals surface area contributed by atoms with Gasteiger partial charge in [0.1, 0.15) is 5.82 Å². The van der Waals surface area contributed by atoms with E-state index in [4.69, 9.17) is 0 Å². The second-order valence-corrected chi connectivity index (χ2v) is 5.93. The number of hydrogen-bond donors (Lipinski definition) is 2. The monoisotopic (exact) mass is 296 g/mol. The lowest BCUT2D eigenvalue weighted by Crippen LogP contribution is -2.27. The number of rotatable bonds is 6. The van der Waals surface area contributed by atoms with Gasteiger partial charge in [-0.3, -0.25) is 9.89 Å². The van der Waals surface area contributed by atoms with Crippen LogP contribution in [-0.2, 0) is 11.2 Å². The summed E-state index contributed by atoms with van der Waals surface area (Å²) in [5.41, 5.74) is 0. The Kier molecular flexibility index (Phi) is 4.98. The average Bonchev–Trinajstić information content (AvgIpc) is 3.07. The number of hydrogen-bond acceptors (Lipinski definition) is 5. The zero-order valence-electron chi connectivity index (χ0n) is 10.8. The van der Waals surface area contributed by atoms with Gasteiger partial charge in [0, 0.05) is 11.3 Å². The molecule has 5 nitrogen and oxygen atoms in total. The summed E-state index contributed by atoms with van der Waals surface area (Å²) in [6.45, 7) is 3.99. The van der Waals surface area contributed by atoms with Gasteiger partial charge in [0.05, 0.1) is 11.8 Å². The highest BCUT2D eigenvalue weighted by molar-refractivity contribution is 7.99. The van der Waals surface area contributed by atoms with Crippen molar-refractivity contribution in [3.63, 3.8) is 0 Å². The van der Waals surface area contributed by atoms with Crippen molar-refractivity contribution < 1.29 is 4.79 Å². The van der Waals surface area contributed by atoms with Gasteiger partial charge in [-0.05, 0) is 18.4 Å². The van der Waals surface area contributed by atoms with E-state index in [1.807, 2.05) is 31.4 Å². The summed E-state index contributed by atoms with van der Waals surface area (Å²) in [6, 6.07) is 4.05. The Morgan fingerprint density at radius 3 is 3.11 bits per heavy atom. The predicted octanol–water partition coefficient (Wildman–Crippen LogP) is 2.40. The number of aromatic amines is 1. The molecule has 0 aromatic carbocycles. The Labute approximate surface area is 120 Å². The third-order valence-corrected chi connectivity index (χ3v) is 4.43. The fraction of sp³-hybridized carbons (Fsp3) is 0.417. The standard InChI is InChI=1S/C12H16N4OS2/c1-3-10-14-12(16-15-10)19-7-11(17)13-8(2)9-5-4-6-18-9/h4-6,8H,3,7H2,1-2H3,(H,13,17)(H,14,15,16). The smallest absolute Gasteiger partial charge is 0.230 e. The molecule has 2 N–H and O–H groups in total. The van der Waals surface area contributed by atoms with E-state index in [0.29, 0.717) is 10.9 Å². The molecule has 0 radical (unpaired) electrons. The third-order valence-electron chi connectivity index (χ3n) is 2.53. The van der Waals surface area contributed by atoms with Crippen LogP contribution < -0.4 is 5.32 Å². The molecule has 0 saturated heterocycles. The molecule has 1 atom stereocenters. The van der Waals surface area contributed by atoms with E-state index >= 15 is 0 Å². The van der Waals surface area contributed by atoms with Crippen molar-refractivity contribution in [2.24, 2.45) is 0 Å². The van der Waals surface area contributed by atoms with Crippen LogP contribution in [0, 0.1) is 0 Å². The van der Waals surface area contributed by atoms with Crippen molar-refractivity contribution in [1.82, 2.24) is 20.5 Å². The molecule has 1 amide bonds. The minimum Gasteiger partial charge on any atom is -0.348 e. The van der Waals surface area contributed by atoms with E-state index in [9.17, 15) is 4.79 Å². The van der Waals surface area contributed by atoms with Gasteiger partial charge in [0.25, 0.3) is 0 Å². The van der Waals surface area contributed by atoms with Gasteiger partial charge in [-0.25, -0.2) is 4.98 Å². The second kappa shape index (κ2) is 6.72. The summed E-state index contributed by atoms with van der Waals surface area (Å²) in [6.07, 6.45) is 0.815. The van der Waals surface area contributed by atoms with Crippen LogP contribution in [0.1, 0.15) is 30.6 Å². The number of aryl methyl sites for hydroxylation is 1. The lowest BCUT2D eigenvalue weighted by Gasteiger charge is -2.11.